The van der Waals surface area contributed by atoms with E-state index in [9.17, 15) is 0 Å². The smallest absolute Gasteiger partial charge is 0.227 e. The lowest BCUT2D eigenvalue weighted by Crippen LogP contribution is -2.47. The van der Waals surface area contributed by atoms with Crippen LogP contribution < -0.4 is 14.7 Å². The first-order chi connectivity index (χ1) is 13.4. The molecule has 1 saturated carbocycles. The van der Waals surface area contributed by atoms with E-state index in [0.717, 1.165) is 56.9 Å². The highest BCUT2D eigenvalue weighted by Gasteiger charge is 2.24. The van der Waals surface area contributed by atoms with E-state index < -0.39 is 0 Å². The monoisotopic (exact) mass is 365 g/mol. The Kier molecular flexibility index (Phi) is 4.51. The molecular formula is C20H27N7. The molecule has 0 bridgehead atoms. The highest BCUT2D eigenvalue weighted by Crippen LogP contribution is 2.36. The van der Waals surface area contributed by atoms with Gasteiger partial charge in [-0.05, 0) is 31.7 Å². The third-order valence-electron chi connectivity index (χ3n) is 6.14. The molecule has 0 spiro atoms. The van der Waals surface area contributed by atoms with E-state index in [1.165, 1.54) is 37.8 Å². The maximum atomic E-state index is 4.83. The van der Waals surface area contributed by atoms with Gasteiger partial charge in [-0.25, -0.2) is 15.0 Å². The van der Waals surface area contributed by atoms with E-state index in [2.05, 4.69) is 35.7 Å². The van der Waals surface area contributed by atoms with Crippen LogP contribution in [0.15, 0.2) is 24.7 Å². The van der Waals surface area contributed by atoms with Gasteiger partial charge in [0.1, 0.15) is 18.0 Å². The summed E-state index contributed by atoms with van der Waals surface area (Å²) in [4.78, 5) is 25.4. The van der Waals surface area contributed by atoms with Crippen molar-refractivity contribution in [3.8, 4) is 0 Å². The van der Waals surface area contributed by atoms with Crippen LogP contribution in [-0.4, -0.2) is 59.2 Å². The van der Waals surface area contributed by atoms with Gasteiger partial charge in [-0.1, -0.05) is 6.42 Å². The van der Waals surface area contributed by atoms with Crippen molar-refractivity contribution in [2.45, 2.75) is 38.0 Å². The van der Waals surface area contributed by atoms with Crippen LogP contribution in [-0.2, 0) is 0 Å². The highest BCUT2D eigenvalue weighted by molar-refractivity contribution is 5.47. The molecule has 2 aromatic rings. The molecule has 0 unspecified atom stereocenters. The molecule has 2 saturated heterocycles. The molecule has 3 aliphatic rings. The summed E-state index contributed by atoms with van der Waals surface area (Å²) < 4.78 is 0. The van der Waals surface area contributed by atoms with Crippen molar-refractivity contribution in [2.75, 3.05) is 54.0 Å². The molecule has 0 amide bonds. The van der Waals surface area contributed by atoms with Gasteiger partial charge in [0, 0.05) is 63.1 Å². The predicted octanol–water partition coefficient (Wildman–Crippen LogP) is 2.46. The Morgan fingerprint density at radius 2 is 1.48 bits per heavy atom. The van der Waals surface area contributed by atoms with Gasteiger partial charge in [-0.3, -0.25) is 0 Å². The van der Waals surface area contributed by atoms with Gasteiger partial charge in [-0.15, -0.1) is 0 Å². The summed E-state index contributed by atoms with van der Waals surface area (Å²) in [7, 11) is 0. The zero-order valence-electron chi connectivity index (χ0n) is 15.8. The van der Waals surface area contributed by atoms with Crippen molar-refractivity contribution >= 4 is 17.6 Å². The molecule has 0 radical (unpaired) electrons. The van der Waals surface area contributed by atoms with Crippen molar-refractivity contribution in [2.24, 2.45) is 0 Å². The third kappa shape index (κ3) is 3.42. The molecular weight excluding hydrogens is 338 g/mol. The summed E-state index contributed by atoms with van der Waals surface area (Å²) in [5.74, 6) is 3.66. The van der Waals surface area contributed by atoms with Gasteiger partial charge in [0.25, 0.3) is 0 Å². The number of anilines is 3. The van der Waals surface area contributed by atoms with E-state index in [0.29, 0.717) is 5.92 Å². The second-order valence-corrected chi connectivity index (χ2v) is 7.81. The van der Waals surface area contributed by atoms with Crippen molar-refractivity contribution in [3.63, 3.8) is 0 Å². The third-order valence-corrected chi connectivity index (χ3v) is 6.14. The second kappa shape index (κ2) is 7.29. The first kappa shape index (κ1) is 16.7. The molecule has 2 aromatic heterocycles. The molecule has 7 nitrogen and oxygen atoms in total. The van der Waals surface area contributed by atoms with Crippen molar-refractivity contribution in [3.05, 3.63) is 30.4 Å². The summed E-state index contributed by atoms with van der Waals surface area (Å²) >= 11 is 0. The average molecular weight is 365 g/mol. The first-order valence-electron chi connectivity index (χ1n) is 10.3. The number of piperazine rings is 1. The fourth-order valence-corrected chi connectivity index (χ4v) is 4.21. The lowest BCUT2D eigenvalue weighted by molar-refractivity contribution is 0.410. The van der Waals surface area contributed by atoms with Crippen LogP contribution in [0.1, 0.15) is 43.7 Å². The summed E-state index contributed by atoms with van der Waals surface area (Å²) in [5.41, 5.74) is 1.22. The zero-order valence-corrected chi connectivity index (χ0v) is 15.8. The molecule has 2 aliphatic heterocycles. The van der Waals surface area contributed by atoms with Crippen LogP contribution in [0.4, 0.5) is 17.6 Å². The summed E-state index contributed by atoms with van der Waals surface area (Å²) in [6.07, 6.45) is 10.0. The van der Waals surface area contributed by atoms with Gasteiger partial charge < -0.3 is 14.7 Å². The van der Waals surface area contributed by atoms with E-state index in [1.807, 2.05) is 12.3 Å². The number of nitrogens with zero attached hydrogens (tertiary/aromatic N) is 7. The van der Waals surface area contributed by atoms with Gasteiger partial charge in [0.2, 0.25) is 5.95 Å². The molecule has 4 heterocycles. The minimum absolute atomic E-state index is 0.651. The maximum absolute atomic E-state index is 4.83. The number of aromatic nitrogens is 4. The Balaban J connectivity index is 1.24. The molecule has 0 atom stereocenters. The average Bonchev–Trinajstić information content (AvgIpc) is 3.22. The van der Waals surface area contributed by atoms with Crippen molar-refractivity contribution in [1.29, 1.82) is 0 Å². The normalized spacial score (nSPS) is 20.8. The van der Waals surface area contributed by atoms with Crippen LogP contribution in [0.3, 0.4) is 0 Å². The number of rotatable bonds is 4. The quantitative estimate of drug-likeness (QED) is 0.825. The Morgan fingerprint density at radius 1 is 0.741 bits per heavy atom. The van der Waals surface area contributed by atoms with Gasteiger partial charge in [-0.2, -0.15) is 4.98 Å². The summed E-state index contributed by atoms with van der Waals surface area (Å²) in [6.45, 7) is 6.00. The van der Waals surface area contributed by atoms with E-state index >= 15 is 0 Å². The minimum atomic E-state index is 0.651. The molecule has 0 N–H and O–H groups in total. The molecule has 1 aliphatic carbocycles. The number of hydrogen-bond acceptors (Lipinski definition) is 7. The highest BCUT2D eigenvalue weighted by atomic mass is 15.3. The summed E-state index contributed by atoms with van der Waals surface area (Å²) in [6, 6.07) is 4.24. The predicted molar refractivity (Wildman–Crippen MR) is 107 cm³/mol. The SMILES string of the molecule is c1nc(C2CCC2)cc(N2CCN(c3ccnc(N4CCCC4)n3)CC2)n1. The first-order valence-corrected chi connectivity index (χ1v) is 10.3. The van der Waals surface area contributed by atoms with Gasteiger partial charge in [0.05, 0.1) is 0 Å². The minimum Gasteiger partial charge on any atom is -0.353 e. The maximum Gasteiger partial charge on any atom is 0.227 e. The molecule has 7 heteroatoms. The van der Waals surface area contributed by atoms with Crippen molar-refractivity contribution < 1.29 is 0 Å². The molecule has 5 rings (SSSR count). The van der Waals surface area contributed by atoms with Crippen LogP contribution >= 0.6 is 0 Å². The molecule has 27 heavy (non-hydrogen) atoms. The van der Waals surface area contributed by atoms with Gasteiger partial charge >= 0.3 is 0 Å². The lowest BCUT2D eigenvalue weighted by atomic mass is 9.83. The molecule has 3 fully saturated rings. The fraction of sp³-hybridized carbons (Fsp3) is 0.600. The Hall–Kier alpha value is -2.44. The second-order valence-electron chi connectivity index (χ2n) is 7.81. The Bertz CT molecular complexity index is 777. The summed E-state index contributed by atoms with van der Waals surface area (Å²) in [5, 5.41) is 0. The molecule has 142 valence electrons. The van der Waals surface area contributed by atoms with Crippen LogP contribution in [0, 0.1) is 0 Å². The van der Waals surface area contributed by atoms with E-state index in [1.54, 1.807) is 6.33 Å². The van der Waals surface area contributed by atoms with Crippen LogP contribution in [0.2, 0.25) is 0 Å². The standard InChI is InChI=1S/C20H27N7/c1-2-9-27(8-1)20-21-7-6-18(24-20)25-10-12-26(13-11-25)19-14-17(22-15-23-19)16-4-3-5-16/h6-7,14-16H,1-5,8-13H2. The largest absolute Gasteiger partial charge is 0.353 e. The van der Waals surface area contributed by atoms with E-state index in [-0.39, 0.29) is 0 Å². The van der Waals surface area contributed by atoms with E-state index in [4.69, 9.17) is 4.98 Å². The lowest BCUT2D eigenvalue weighted by Gasteiger charge is -2.36. The van der Waals surface area contributed by atoms with Crippen LogP contribution in [0.25, 0.3) is 0 Å². The zero-order chi connectivity index (χ0) is 18.1. The molecule has 0 aromatic carbocycles. The van der Waals surface area contributed by atoms with Crippen molar-refractivity contribution in [1.82, 2.24) is 19.9 Å². The van der Waals surface area contributed by atoms with Crippen LogP contribution in [0.5, 0.6) is 0 Å². The van der Waals surface area contributed by atoms with Gasteiger partial charge in [0.15, 0.2) is 0 Å². The fourth-order valence-electron chi connectivity index (χ4n) is 4.21. The topological polar surface area (TPSA) is 61.3 Å². The number of hydrogen-bond donors (Lipinski definition) is 0. The Morgan fingerprint density at radius 3 is 2.19 bits per heavy atom. The Labute approximate surface area is 160 Å².